The van der Waals surface area contributed by atoms with E-state index >= 15 is 0 Å². The van der Waals surface area contributed by atoms with E-state index in [1.165, 1.54) is 26.6 Å². The molecule has 0 saturated carbocycles. The largest absolute Gasteiger partial charge is 0.494 e. The average molecular weight is 531 g/mol. The molecule has 38 heavy (non-hydrogen) atoms. The number of benzene rings is 1. The molecule has 3 aromatic rings. The number of halogens is 2. The minimum absolute atomic E-state index is 0.136. The van der Waals surface area contributed by atoms with E-state index in [0.717, 1.165) is 63.7 Å². The third kappa shape index (κ3) is 5.81. The Balaban J connectivity index is 1.15. The van der Waals surface area contributed by atoms with Crippen LogP contribution in [0, 0.1) is 11.6 Å². The van der Waals surface area contributed by atoms with Gasteiger partial charge in [-0.25, -0.2) is 18.7 Å². The van der Waals surface area contributed by atoms with Crippen molar-refractivity contribution >= 4 is 11.6 Å². The van der Waals surface area contributed by atoms with Crippen molar-refractivity contribution in [1.82, 2.24) is 24.6 Å². The van der Waals surface area contributed by atoms with Crippen LogP contribution in [-0.4, -0.2) is 71.2 Å². The molecule has 1 aromatic carbocycles. The molecule has 12 heteroatoms. The molecule has 5 rings (SSSR count). The predicted octanol–water partition coefficient (Wildman–Crippen LogP) is 4.11. The predicted molar refractivity (Wildman–Crippen MR) is 135 cm³/mol. The number of aromatic nitrogens is 4. The van der Waals surface area contributed by atoms with Gasteiger partial charge in [0.2, 0.25) is 5.95 Å². The van der Waals surface area contributed by atoms with Crippen LogP contribution in [0.4, 0.5) is 20.4 Å². The van der Waals surface area contributed by atoms with Gasteiger partial charge in [-0.3, -0.25) is 4.68 Å². The first-order valence-electron chi connectivity index (χ1n) is 12.7. The minimum atomic E-state index is -0.851. The van der Waals surface area contributed by atoms with Crippen molar-refractivity contribution in [3.05, 3.63) is 48.1 Å². The second-order valence-corrected chi connectivity index (χ2v) is 9.36. The first kappa shape index (κ1) is 26.1. The summed E-state index contributed by atoms with van der Waals surface area (Å²) >= 11 is 0. The number of piperidine rings is 1. The van der Waals surface area contributed by atoms with Crippen molar-refractivity contribution < 1.29 is 27.7 Å². The molecule has 0 unspecified atom stereocenters. The van der Waals surface area contributed by atoms with Gasteiger partial charge in [0, 0.05) is 44.6 Å². The van der Waals surface area contributed by atoms with Gasteiger partial charge < -0.3 is 29.2 Å². The fourth-order valence-corrected chi connectivity index (χ4v) is 4.97. The molecule has 10 nitrogen and oxygen atoms in total. The number of hydrogen-bond acceptors (Lipinski definition) is 9. The molecule has 0 atom stereocenters. The zero-order chi connectivity index (χ0) is 26.5. The molecule has 1 N–H and O–H groups in total. The molecule has 204 valence electrons. The van der Waals surface area contributed by atoms with Crippen LogP contribution in [0.5, 0.6) is 17.2 Å². The van der Waals surface area contributed by atoms with E-state index < -0.39 is 11.6 Å². The summed E-state index contributed by atoms with van der Waals surface area (Å²) in [6.07, 6.45) is 10.9. The molecular formula is C26H32F2N6O4. The molecule has 2 aliphatic heterocycles. The topological polar surface area (TPSA) is 95.8 Å². The average Bonchev–Trinajstić information content (AvgIpc) is 3.43. The van der Waals surface area contributed by atoms with Gasteiger partial charge >= 0.3 is 0 Å². The summed E-state index contributed by atoms with van der Waals surface area (Å²) < 4.78 is 52.0. The van der Waals surface area contributed by atoms with Crippen molar-refractivity contribution in [3.8, 4) is 17.2 Å². The Morgan fingerprint density at radius 1 is 0.947 bits per heavy atom. The Hall–Kier alpha value is -3.51. The fourth-order valence-electron chi connectivity index (χ4n) is 4.97. The van der Waals surface area contributed by atoms with E-state index in [2.05, 4.69) is 25.3 Å². The van der Waals surface area contributed by atoms with E-state index in [1.54, 1.807) is 6.20 Å². The van der Waals surface area contributed by atoms with Crippen LogP contribution in [0.25, 0.3) is 0 Å². The smallest absolute Gasteiger partial charge is 0.227 e. The number of nitrogens with zero attached hydrogens (tertiary/aromatic N) is 5. The molecule has 2 saturated heterocycles. The molecule has 2 fully saturated rings. The zero-order valence-corrected chi connectivity index (χ0v) is 21.5. The first-order chi connectivity index (χ1) is 18.6. The second kappa shape index (κ2) is 11.9. The maximum absolute atomic E-state index is 14.5. The summed E-state index contributed by atoms with van der Waals surface area (Å²) in [4.78, 5) is 11.1. The van der Waals surface area contributed by atoms with Crippen LogP contribution < -0.4 is 19.5 Å². The monoisotopic (exact) mass is 530 g/mol. The Morgan fingerprint density at radius 3 is 2.24 bits per heavy atom. The van der Waals surface area contributed by atoms with E-state index in [4.69, 9.17) is 18.9 Å². The lowest BCUT2D eigenvalue weighted by molar-refractivity contribution is 0.0212. The van der Waals surface area contributed by atoms with Crippen LogP contribution in [0.1, 0.15) is 37.3 Å². The number of nitrogens with one attached hydrogen (secondary N) is 1. The highest BCUT2D eigenvalue weighted by Crippen LogP contribution is 2.32. The maximum atomic E-state index is 14.5. The maximum Gasteiger partial charge on any atom is 0.227 e. The van der Waals surface area contributed by atoms with Gasteiger partial charge in [-0.05, 0) is 25.7 Å². The van der Waals surface area contributed by atoms with Crippen molar-refractivity contribution in [2.75, 3.05) is 45.8 Å². The number of rotatable bonds is 9. The molecular weight excluding hydrogens is 498 g/mol. The van der Waals surface area contributed by atoms with Crippen molar-refractivity contribution in [2.24, 2.45) is 0 Å². The lowest BCUT2D eigenvalue weighted by Gasteiger charge is -2.39. The molecule has 0 bridgehead atoms. The van der Waals surface area contributed by atoms with Gasteiger partial charge in [0.15, 0.2) is 28.9 Å². The summed E-state index contributed by atoms with van der Waals surface area (Å²) in [6, 6.07) is 2.14. The number of anilines is 2. The molecule has 0 spiro atoms. The number of hydrogen-bond donors (Lipinski definition) is 1. The summed E-state index contributed by atoms with van der Waals surface area (Å²) in [5, 5.41) is 7.68. The van der Waals surface area contributed by atoms with Gasteiger partial charge in [0.05, 0.1) is 50.1 Å². The van der Waals surface area contributed by atoms with E-state index in [-0.39, 0.29) is 29.4 Å². The Morgan fingerprint density at radius 2 is 1.61 bits per heavy atom. The van der Waals surface area contributed by atoms with Crippen LogP contribution in [0.2, 0.25) is 0 Å². The zero-order valence-electron chi connectivity index (χ0n) is 21.5. The van der Waals surface area contributed by atoms with E-state index in [1.807, 2.05) is 10.9 Å². The molecule has 2 aromatic heterocycles. The van der Waals surface area contributed by atoms with Gasteiger partial charge in [-0.2, -0.15) is 5.10 Å². The summed E-state index contributed by atoms with van der Waals surface area (Å²) in [7, 11) is 2.58. The third-order valence-electron chi connectivity index (χ3n) is 7.11. The van der Waals surface area contributed by atoms with Crippen LogP contribution in [0.3, 0.4) is 0 Å². The number of likely N-dealkylation sites (tertiary alicyclic amines) is 1. The summed E-state index contributed by atoms with van der Waals surface area (Å²) in [5.41, 5.74) is 0.465. The highest BCUT2D eigenvalue weighted by molar-refractivity contribution is 5.50. The van der Waals surface area contributed by atoms with Crippen LogP contribution in [-0.2, 0) is 11.3 Å². The van der Waals surface area contributed by atoms with Crippen LogP contribution in [0.15, 0.2) is 30.9 Å². The minimum Gasteiger partial charge on any atom is -0.494 e. The Kier molecular flexibility index (Phi) is 8.18. The highest BCUT2D eigenvalue weighted by Gasteiger charge is 2.27. The van der Waals surface area contributed by atoms with Crippen molar-refractivity contribution in [2.45, 2.75) is 44.4 Å². The number of methoxy groups -OCH3 is 2. The lowest BCUT2D eigenvalue weighted by Crippen LogP contribution is -2.44. The highest BCUT2D eigenvalue weighted by atomic mass is 19.1. The normalized spacial score (nSPS) is 17.4. The lowest BCUT2D eigenvalue weighted by atomic mass is 10.00. The molecule has 0 radical (unpaired) electrons. The van der Waals surface area contributed by atoms with Gasteiger partial charge in [0.25, 0.3) is 0 Å². The summed E-state index contributed by atoms with van der Waals surface area (Å²) in [6.45, 7) is 3.48. The van der Waals surface area contributed by atoms with Crippen molar-refractivity contribution in [1.29, 1.82) is 0 Å². The molecule has 0 amide bonds. The van der Waals surface area contributed by atoms with E-state index in [9.17, 15) is 8.78 Å². The van der Waals surface area contributed by atoms with E-state index in [0.29, 0.717) is 18.0 Å². The quantitative estimate of drug-likeness (QED) is 0.439. The molecule has 2 aliphatic rings. The van der Waals surface area contributed by atoms with Gasteiger partial charge in [-0.15, -0.1) is 0 Å². The molecule has 4 heterocycles. The third-order valence-corrected chi connectivity index (χ3v) is 7.11. The Labute approximate surface area is 219 Å². The Bertz CT molecular complexity index is 1180. The molecule has 0 aliphatic carbocycles. The van der Waals surface area contributed by atoms with Gasteiger partial charge in [-0.1, -0.05) is 0 Å². The van der Waals surface area contributed by atoms with Crippen LogP contribution >= 0.6 is 0 Å². The van der Waals surface area contributed by atoms with Gasteiger partial charge in [0.1, 0.15) is 6.61 Å². The first-order valence-corrected chi connectivity index (χ1v) is 12.7. The second-order valence-electron chi connectivity index (χ2n) is 9.36. The SMILES string of the molecule is COc1cc(OC)c(F)c(COc2cnc(Nc3cnn(C4CCN(C5CCOCC5)CC4)c3)nc2)c1F. The van der Waals surface area contributed by atoms with Crippen molar-refractivity contribution in [3.63, 3.8) is 0 Å². The standard InChI is InChI=1S/C26H32F2N6O4/c1-35-22-11-23(36-2)25(28)21(24(22)27)16-38-20-13-29-26(30-14-20)32-17-12-31-34(15-17)19-3-7-33(8-4-19)18-5-9-37-10-6-18/h11-15,18-19H,3-10,16H2,1-2H3,(H,29,30,32). The summed E-state index contributed by atoms with van der Waals surface area (Å²) in [5.74, 6) is -1.37. The number of ether oxygens (including phenoxy) is 4. The fraction of sp³-hybridized carbons (Fsp3) is 0.500.